The first kappa shape index (κ1) is 23.7. The fourth-order valence-electron chi connectivity index (χ4n) is 2.21. The van der Waals surface area contributed by atoms with Crippen LogP contribution < -0.4 is 10.6 Å². The van der Waals surface area contributed by atoms with E-state index in [-0.39, 0.29) is 36.8 Å². The Hall–Kier alpha value is -1.27. The van der Waals surface area contributed by atoms with Gasteiger partial charge in [0.1, 0.15) is 0 Å². The molecule has 0 unspecified atom stereocenters. The summed E-state index contributed by atoms with van der Waals surface area (Å²) in [4.78, 5) is 16.0. The van der Waals surface area contributed by atoms with E-state index < -0.39 is 0 Å². The summed E-state index contributed by atoms with van der Waals surface area (Å²) in [6, 6.07) is 7.70. The van der Waals surface area contributed by atoms with Crippen LogP contribution in [0, 0.1) is 0 Å². The molecule has 0 aliphatic rings. The molecule has 1 atom stereocenters. The van der Waals surface area contributed by atoms with Crippen molar-refractivity contribution in [2.45, 2.75) is 32.7 Å². The summed E-state index contributed by atoms with van der Waals surface area (Å²) in [7, 11) is 0. The second-order valence-corrected chi connectivity index (χ2v) is 5.77. The molecule has 140 valence electrons. The van der Waals surface area contributed by atoms with Crippen molar-refractivity contribution < 1.29 is 9.21 Å². The van der Waals surface area contributed by atoms with Crippen LogP contribution in [0.15, 0.2) is 34.9 Å². The predicted octanol–water partition coefficient (Wildman–Crippen LogP) is 3.89. The van der Waals surface area contributed by atoms with Gasteiger partial charge in [-0.05, 0) is 25.6 Å². The molecule has 1 aromatic carbocycles. The summed E-state index contributed by atoms with van der Waals surface area (Å²) in [5.41, 5.74) is 0.803. The summed E-state index contributed by atoms with van der Waals surface area (Å²) in [5.74, 6) is 1.15. The van der Waals surface area contributed by atoms with E-state index in [1.54, 1.807) is 12.3 Å². The van der Waals surface area contributed by atoms with E-state index in [2.05, 4.69) is 15.6 Å². The van der Waals surface area contributed by atoms with Gasteiger partial charge in [0.25, 0.3) is 0 Å². The van der Waals surface area contributed by atoms with Crippen LogP contribution in [0.4, 0.5) is 0 Å². The number of nitrogens with one attached hydrogen (secondary N) is 2. The number of nitrogens with zero attached hydrogens (tertiary/aromatic N) is 1. The topological polar surface area (TPSA) is 67.2 Å². The quantitative estimate of drug-likeness (QED) is 0.695. The molecule has 2 rings (SSSR count). The Bertz CT molecular complexity index is 650. The van der Waals surface area contributed by atoms with Gasteiger partial charge in [0, 0.05) is 31.0 Å². The maximum atomic E-state index is 11.8. The highest BCUT2D eigenvalue weighted by Crippen LogP contribution is 2.28. The number of likely N-dealkylation sites (N-methyl/N-ethyl adjacent to an activating group) is 1. The molecule has 5 nitrogen and oxygen atoms in total. The average molecular weight is 409 g/mol. The first-order chi connectivity index (χ1) is 11.1. The molecular weight excluding hydrogens is 385 g/mol. The molecule has 0 spiro atoms. The molecule has 25 heavy (non-hydrogen) atoms. The van der Waals surface area contributed by atoms with Gasteiger partial charge in [0.2, 0.25) is 5.91 Å². The van der Waals surface area contributed by atoms with Crippen LogP contribution in [-0.4, -0.2) is 30.0 Å². The van der Waals surface area contributed by atoms with E-state index in [4.69, 9.17) is 16.0 Å². The van der Waals surface area contributed by atoms with Crippen LogP contribution in [0.2, 0.25) is 5.02 Å². The van der Waals surface area contributed by atoms with E-state index in [9.17, 15) is 4.79 Å². The molecule has 1 heterocycles. The number of amides is 1. The van der Waals surface area contributed by atoms with E-state index in [1.807, 2.05) is 32.0 Å². The Morgan fingerprint density at radius 1 is 1.32 bits per heavy atom. The van der Waals surface area contributed by atoms with Crippen LogP contribution in [0.5, 0.6) is 0 Å². The van der Waals surface area contributed by atoms with Crippen LogP contribution in [0.25, 0.3) is 11.3 Å². The lowest BCUT2D eigenvalue weighted by Crippen LogP contribution is -2.38. The molecule has 1 amide bonds. The van der Waals surface area contributed by atoms with Crippen molar-refractivity contribution in [3.63, 3.8) is 0 Å². The zero-order valence-corrected chi connectivity index (χ0v) is 16.6. The summed E-state index contributed by atoms with van der Waals surface area (Å²) in [5, 5.41) is 6.75. The number of aromatic nitrogens is 1. The lowest BCUT2D eigenvalue weighted by Gasteiger charge is -2.12. The van der Waals surface area contributed by atoms with Gasteiger partial charge in [0.05, 0.1) is 11.2 Å². The maximum absolute atomic E-state index is 11.8. The standard InChI is InChI=1S/C17H22ClN3O2.2ClH/c1-3-19-12(2)10-20-16(22)8-9-17-21-11-15(23-17)13-6-4-5-7-14(13)18;;/h4-7,11-12,19H,3,8-10H2,1-2H3,(H,20,22);2*1H/t12-;;/m1../s1. The Balaban J connectivity index is 0.00000288. The maximum Gasteiger partial charge on any atom is 0.220 e. The molecule has 0 radical (unpaired) electrons. The number of carbonyl (C=O) groups is 1. The molecule has 0 saturated carbocycles. The van der Waals surface area contributed by atoms with Crippen molar-refractivity contribution in [2.75, 3.05) is 13.1 Å². The monoisotopic (exact) mass is 407 g/mol. The Labute approximate surface area is 165 Å². The van der Waals surface area contributed by atoms with E-state index >= 15 is 0 Å². The lowest BCUT2D eigenvalue weighted by atomic mass is 10.2. The first-order valence-corrected chi connectivity index (χ1v) is 8.17. The van der Waals surface area contributed by atoms with Gasteiger partial charge in [-0.1, -0.05) is 30.7 Å². The van der Waals surface area contributed by atoms with Crippen LogP contribution in [0.3, 0.4) is 0 Å². The van der Waals surface area contributed by atoms with Gasteiger partial charge < -0.3 is 15.1 Å². The summed E-state index contributed by atoms with van der Waals surface area (Å²) in [6.45, 7) is 5.58. The highest BCUT2D eigenvalue weighted by molar-refractivity contribution is 6.33. The van der Waals surface area contributed by atoms with Gasteiger partial charge in [0.15, 0.2) is 11.7 Å². The molecule has 0 saturated heterocycles. The van der Waals surface area contributed by atoms with E-state index in [1.165, 1.54) is 0 Å². The molecule has 2 N–H and O–H groups in total. The van der Waals surface area contributed by atoms with Crippen molar-refractivity contribution in [3.05, 3.63) is 41.4 Å². The third kappa shape index (κ3) is 7.65. The zero-order valence-electron chi connectivity index (χ0n) is 14.3. The van der Waals surface area contributed by atoms with Crippen LogP contribution in [0.1, 0.15) is 26.2 Å². The summed E-state index contributed by atoms with van der Waals surface area (Å²) in [6.07, 6.45) is 2.45. The minimum absolute atomic E-state index is 0. The van der Waals surface area contributed by atoms with Crippen molar-refractivity contribution >= 4 is 42.3 Å². The molecular formula is C17H24Cl3N3O2. The number of halogens is 3. The van der Waals surface area contributed by atoms with Crippen molar-refractivity contribution in [1.82, 2.24) is 15.6 Å². The largest absolute Gasteiger partial charge is 0.441 e. The smallest absolute Gasteiger partial charge is 0.220 e. The minimum atomic E-state index is -0.00718. The fraction of sp³-hybridized carbons (Fsp3) is 0.412. The van der Waals surface area contributed by atoms with Gasteiger partial charge in [-0.3, -0.25) is 4.79 Å². The Morgan fingerprint density at radius 2 is 2.04 bits per heavy atom. The number of oxazole rings is 1. The average Bonchev–Trinajstić information content (AvgIpc) is 3.00. The zero-order chi connectivity index (χ0) is 16.7. The molecule has 0 bridgehead atoms. The van der Waals surface area contributed by atoms with E-state index in [0.29, 0.717) is 36.1 Å². The normalized spacial score (nSPS) is 11.2. The van der Waals surface area contributed by atoms with Gasteiger partial charge in [-0.15, -0.1) is 24.8 Å². The lowest BCUT2D eigenvalue weighted by molar-refractivity contribution is -0.121. The minimum Gasteiger partial charge on any atom is -0.441 e. The number of rotatable bonds is 8. The highest BCUT2D eigenvalue weighted by atomic mass is 35.5. The number of hydrogen-bond acceptors (Lipinski definition) is 4. The van der Waals surface area contributed by atoms with Gasteiger partial charge in [-0.25, -0.2) is 4.98 Å². The number of aryl methyl sites for hydroxylation is 1. The van der Waals surface area contributed by atoms with Crippen LogP contribution >= 0.6 is 36.4 Å². The Kier molecular flexibility index (Phi) is 11.5. The summed E-state index contributed by atoms with van der Waals surface area (Å²) < 4.78 is 5.68. The van der Waals surface area contributed by atoms with Crippen molar-refractivity contribution in [3.8, 4) is 11.3 Å². The number of carbonyl (C=O) groups excluding carboxylic acids is 1. The molecule has 0 aliphatic carbocycles. The van der Waals surface area contributed by atoms with Gasteiger partial charge in [-0.2, -0.15) is 0 Å². The molecule has 2 aromatic rings. The van der Waals surface area contributed by atoms with Crippen molar-refractivity contribution in [1.29, 1.82) is 0 Å². The highest BCUT2D eigenvalue weighted by Gasteiger charge is 2.11. The molecule has 0 aliphatic heterocycles. The van der Waals surface area contributed by atoms with Crippen molar-refractivity contribution in [2.24, 2.45) is 0 Å². The van der Waals surface area contributed by atoms with Crippen LogP contribution in [-0.2, 0) is 11.2 Å². The number of benzene rings is 1. The van der Waals surface area contributed by atoms with E-state index in [0.717, 1.165) is 12.1 Å². The SMILES string of the molecule is CCN[C@H](C)CNC(=O)CCc1ncc(-c2ccccc2Cl)o1.Cl.Cl. The first-order valence-electron chi connectivity index (χ1n) is 7.79. The molecule has 0 fully saturated rings. The number of hydrogen-bond donors (Lipinski definition) is 2. The third-order valence-corrected chi connectivity index (χ3v) is 3.75. The molecule has 8 heteroatoms. The fourth-order valence-corrected chi connectivity index (χ4v) is 2.44. The molecule has 1 aromatic heterocycles. The van der Waals surface area contributed by atoms with Gasteiger partial charge >= 0.3 is 0 Å². The Morgan fingerprint density at radius 3 is 2.72 bits per heavy atom. The summed E-state index contributed by atoms with van der Waals surface area (Å²) >= 11 is 6.13. The second-order valence-electron chi connectivity index (χ2n) is 5.36. The second kappa shape index (κ2) is 12.1. The predicted molar refractivity (Wildman–Crippen MR) is 106 cm³/mol. The third-order valence-electron chi connectivity index (χ3n) is 3.42.